The number of phosphoric acid groups is 1. The fraction of sp³-hybridized carbons (Fsp3) is 0.673. The minimum absolute atomic E-state index is 0.00323. The van der Waals surface area contributed by atoms with Crippen LogP contribution >= 0.6 is 7.82 Å². The zero-order valence-electron chi connectivity index (χ0n) is 38.1. The van der Waals surface area contributed by atoms with E-state index in [0.29, 0.717) is 19.3 Å². The van der Waals surface area contributed by atoms with Crippen LogP contribution in [0.4, 0.5) is 0 Å². The maximum Gasteiger partial charge on any atom is 0.472 e. The van der Waals surface area contributed by atoms with Crippen molar-refractivity contribution in [3.63, 3.8) is 0 Å². The molecule has 0 radical (unpaired) electrons. The van der Waals surface area contributed by atoms with Crippen molar-refractivity contribution in [1.29, 1.82) is 0 Å². The summed E-state index contributed by atoms with van der Waals surface area (Å²) < 4.78 is 33.4. The van der Waals surface area contributed by atoms with E-state index in [4.69, 9.17) is 18.5 Å². The van der Waals surface area contributed by atoms with E-state index < -0.39 is 75.7 Å². The molecule has 1 fully saturated rings. The van der Waals surface area contributed by atoms with Crippen LogP contribution < -0.4 is 0 Å². The SMILES string of the molecule is CC/C=C/C=C/C=C/C=C/C=C/CCCC(=O)OC(COC(=O)CCCCCCCCCCCCCCCC/C=C/C/C=C/CC)COP(=O)(O)OC1C(O)C(O)C(O)[C@H](O)C1O. The molecule has 0 aromatic rings. The number of esters is 2. The Balaban J connectivity index is 2.43. The summed E-state index contributed by atoms with van der Waals surface area (Å²) in [4.78, 5) is 35.7. The molecule has 0 spiro atoms. The first kappa shape index (κ1) is 58.0. The number of aliphatic hydroxyl groups is 5. The summed E-state index contributed by atoms with van der Waals surface area (Å²) in [6.45, 7) is 2.98. The molecular formula is C49H81O13P. The van der Waals surface area contributed by atoms with Gasteiger partial charge in [-0.2, -0.15) is 0 Å². The first-order chi connectivity index (χ1) is 30.4. The summed E-state index contributed by atoms with van der Waals surface area (Å²) in [5.74, 6) is -1.19. The Hall–Kier alpha value is -2.97. The van der Waals surface area contributed by atoms with Gasteiger partial charge in [-0.1, -0.05) is 176 Å². The van der Waals surface area contributed by atoms with Gasteiger partial charge in [0.25, 0.3) is 0 Å². The van der Waals surface area contributed by atoms with Crippen LogP contribution in [0.15, 0.2) is 85.1 Å². The quantitative estimate of drug-likeness (QED) is 0.0113. The van der Waals surface area contributed by atoms with Crippen molar-refractivity contribution in [2.45, 2.75) is 198 Å². The van der Waals surface area contributed by atoms with Crippen LogP contribution in [-0.4, -0.2) is 98.3 Å². The monoisotopic (exact) mass is 909 g/mol. The summed E-state index contributed by atoms with van der Waals surface area (Å²) in [5, 5.41) is 50.1. The van der Waals surface area contributed by atoms with Gasteiger partial charge in [-0.3, -0.25) is 18.6 Å². The molecule has 360 valence electrons. The minimum Gasteiger partial charge on any atom is -0.462 e. The molecule has 0 heterocycles. The van der Waals surface area contributed by atoms with Crippen LogP contribution in [0.25, 0.3) is 0 Å². The summed E-state index contributed by atoms with van der Waals surface area (Å²) in [6, 6.07) is 0. The lowest BCUT2D eigenvalue weighted by molar-refractivity contribution is -0.220. The van der Waals surface area contributed by atoms with Gasteiger partial charge in [-0.25, -0.2) is 4.57 Å². The molecule has 0 bridgehead atoms. The van der Waals surface area contributed by atoms with Crippen molar-refractivity contribution >= 4 is 19.8 Å². The van der Waals surface area contributed by atoms with E-state index in [0.717, 1.165) is 38.5 Å². The number of unbranched alkanes of at least 4 members (excludes halogenated alkanes) is 15. The predicted molar refractivity (Wildman–Crippen MR) is 248 cm³/mol. The highest BCUT2D eigenvalue weighted by atomic mass is 31.2. The standard InChI is InChI=1S/C49H81O13P/c1-3-5-7-9-11-13-15-17-18-19-20-21-22-23-24-26-27-29-31-33-35-37-42(50)59-39-41(40-60-63(57,58)62-49-47(55)45(53)44(52)46(54)48(49)56)61-43(51)38-36-34-32-30-28-25-16-14-12-10-8-6-4-2/h5-8,10-14,16,25,28,30,32,41,44-49,52-56H,3-4,9,15,17-24,26-27,29,31,33-40H2,1-2H3,(H,57,58)/b7-5+,8-6+,12-10+,13-11+,16-14+,28-25+,32-30+/t41?,44?,45-,46?,47?,48?,49?/m0/s1. The highest BCUT2D eigenvalue weighted by Crippen LogP contribution is 2.47. The number of hydrogen-bond acceptors (Lipinski definition) is 12. The smallest absolute Gasteiger partial charge is 0.462 e. The van der Waals surface area contributed by atoms with Crippen molar-refractivity contribution in [2.24, 2.45) is 0 Å². The Morgan fingerprint density at radius 1 is 0.508 bits per heavy atom. The Morgan fingerprint density at radius 2 is 0.952 bits per heavy atom. The van der Waals surface area contributed by atoms with E-state index >= 15 is 0 Å². The van der Waals surface area contributed by atoms with Crippen molar-refractivity contribution in [2.75, 3.05) is 13.2 Å². The summed E-state index contributed by atoms with van der Waals surface area (Å²) in [6.07, 6.45) is 36.6. The van der Waals surface area contributed by atoms with E-state index in [9.17, 15) is 44.6 Å². The molecule has 1 saturated carbocycles. The van der Waals surface area contributed by atoms with Crippen molar-refractivity contribution in [3.05, 3.63) is 85.1 Å². The van der Waals surface area contributed by atoms with E-state index in [1.165, 1.54) is 70.6 Å². The fourth-order valence-corrected chi connectivity index (χ4v) is 7.62. The number of allylic oxidation sites excluding steroid dienone is 14. The average molecular weight is 909 g/mol. The fourth-order valence-electron chi connectivity index (χ4n) is 6.65. The van der Waals surface area contributed by atoms with Crippen LogP contribution in [0.3, 0.4) is 0 Å². The predicted octanol–water partition coefficient (Wildman–Crippen LogP) is 9.28. The lowest BCUT2D eigenvalue weighted by Gasteiger charge is -2.41. The van der Waals surface area contributed by atoms with Gasteiger partial charge in [0.05, 0.1) is 6.61 Å². The van der Waals surface area contributed by atoms with Crippen LogP contribution in [0.1, 0.15) is 155 Å². The second kappa shape index (κ2) is 38.3. The summed E-state index contributed by atoms with van der Waals surface area (Å²) in [7, 11) is -5.14. The van der Waals surface area contributed by atoms with Crippen molar-refractivity contribution < 1.29 is 63.1 Å². The molecule has 0 aromatic heterocycles. The maximum atomic E-state index is 12.8. The van der Waals surface area contributed by atoms with Gasteiger partial charge >= 0.3 is 19.8 Å². The van der Waals surface area contributed by atoms with E-state index in [1.807, 2.05) is 54.7 Å². The van der Waals surface area contributed by atoms with Gasteiger partial charge in [0.1, 0.15) is 43.2 Å². The highest BCUT2D eigenvalue weighted by Gasteiger charge is 2.51. The van der Waals surface area contributed by atoms with Crippen LogP contribution in [0.2, 0.25) is 0 Å². The normalized spacial score (nSPS) is 22.5. The molecule has 0 saturated heterocycles. The Morgan fingerprint density at radius 3 is 1.51 bits per heavy atom. The molecule has 7 unspecified atom stereocenters. The molecule has 1 rings (SSSR count). The number of ether oxygens (including phenoxy) is 2. The van der Waals surface area contributed by atoms with Gasteiger partial charge in [-0.05, 0) is 51.4 Å². The second-order valence-electron chi connectivity index (χ2n) is 16.0. The summed E-state index contributed by atoms with van der Waals surface area (Å²) in [5.41, 5.74) is 0. The topological polar surface area (TPSA) is 210 Å². The maximum absolute atomic E-state index is 12.8. The van der Waals surface area contributed by atoms with Gasteiger partial charge in [0.15, 0.2) is 6.10 Å². The van der Waals surface area contributed by atoms with E-state index in [2.05, 4.69) is 44.2 Å². The van der Waals surface area contributed by atoms with Gasteiger partial charge in [0.2, 0.25) is 0 Å². The number of phosphoric ester groups is 1. The van der Waals surface area contributed by atoms with Crippen molar-refractivity contribution in [1.82, 2.24) is 0 Å². The van der Waals surface area contributed by atoms with Gasteiger partial charge in [0, 0.05) is 12.8 Å². The zero-order valence-corrected chi connectivity index (χ0v) is 39.0. The van der Waals surface area contributed by atoms with Crippen LogP contribution in [0.5, 0.6) is 0 Å². The Bertz CT molecular complexity index is 1420. The molecule has 1 aliphatic carbocycles. The average Bonchev–Trinajstić information content (AvgIpc) is 3.26. The lowest BCUT2D eigenvalue weighted by Crippen LogP contribution is -2.64. The number of hydrogen-bond donors (Lipinski definition) is 6. The first-order valence-corrected chi connectivity index (χ1v) is 25.0. The molecule has 0 aliphatic heterocycles. The molecule has 0 amide bonds. The largest absolute Gasteiger partial charge is 0.472 e. The highest BCUT2D eigenvalue weighted by molar-refractivity contribution is 7.47. The Kier molecular flexibility index (Phi) is 35.3. The van der Waals surface area contributed by atoms with E-state index in [-0.39, 0.29) is 12.8 Å². The minimum atomic E-state index is -5.14. The van der Waals surface area contributed by atoms with Crippen LogP contribution in [-0.2, 0) is 32.7 Å². The molecule has 14 heteroatoms. The van der Waals surface area contributed by atoms with Crippen molar-refractivity contribution in [3.8, 4) is 0 Å². The van der Waals surface area contributed by atoms with E-state index in [1.54, 1.807) is 0 Å². The number of rotatable bonds is 37. The lowest BCUT2D eigenvalue weighted by atomic mass is 9.85. The molecule has 13 nitrogen and oxygen atoms in total. The molecular weight excluding hydrogens is 828 g/mol. The summed E-state index contributed by atoms with van der Waals surface area (Å²) >= 11 is 0. The third-order valence-electron chi connectivity index (χ3n) is 10.4. The molecule has 0 aromatic carbocycles. The molecule has 6 N–H and O–H groups in total. The number of carbonyl (C=O) groups is 2. The molecule has 1 aliphatic rings. The third-order valence-corrected chi connectivity index (χ3v) is 11.3. The number of aliphatic hydroxyl groups excluding tert-OH is 5. The zero-order chi connectivity index (χ0) is 46.4. The number of carbonyl (C=O) groups excluding carboxylic acids is 2. The van der Waals surface area contributed by atoms with Crippen LogP contribution in [0, 0.1) is 0 Å². The van der Waals surface area contributed by atoms with Gasteiger partial charge in [-0.15, -0.1) is 0 Å². The first-order valence-electron chi connectivity index (χ1n) is 23.5. The Labute approximate surface area is 378 Å². The second-order valence-corrected chi connectivity index (χ2v) is 17.4. The third kappa shape index (κ3) is 30.7. The molecule has 8 atom stereocenters. The molecule has 63 heavy (non-hydrogen) atoms. The van der Waals surface area contributed by atoms with Gasteiger partial charge < -0.3 is 39.9 Å².